The minimum absolute atomic E-state index is 0.211. The molecule has 1 aromatic carbocycles. The third kappa shape index (κ3) is 1.54. The first kappa shape index (κ1) is 9.63. The van der Waals surface area contributed by atoms with E-state index in [0.29, 0.717) is 6.42 Å². The number of benzene rings is 1. The molecule has 0 unspecified atom stereocenters. The van der Waals surface area contributed by atoms with E-state index in [1.165, 1.54) is 6.07 Å². The fourth-order valence-corrected chi connectivity index (χ4v) is 2.67. The van der Waals surface area contributed by atoms with Gasteiger partial charge in [0.15, 0.2) is 5.13 Å². The molecule has 0 N–H and O–H groups in total. The van der Waals surface area contributed by atoms with Gasteiger partial charge < -0.3 is 0 Å². The lowest BCUT2D eigenvalue weighted by molar-refractivity contribution is 0.658. The highest BCUT2D eigenvalue weighted by Gasteiger charge is 2.08. The number of rotatable bonds is 1. The van der Waals surface area contributed by atoms with Gasteiger partial charge in [-0.1, -0.05) is 15.9 Å². The molecule has 0 aliphatic rings. The molecule has 0 radical (unpaired) electrons. The monoisotopic (exact) mass is 269 g/mol. The number of nitriles is 1. The zero-order valence-electron chi connectivity index (χ0n) is 7.05. The maximum Gasteiger partial charge on any atom is 0.177 e. The van der Waals surface area contributed by atoms with Crippen LogP contribution in [0, 0.1) is 16.5 Å². The Hall–Kier alpha value is -0.920. The molecule has 14 heavy (non-hydrogen) atoms. The van der Waals surface area contributed by atoms with E-state index in [1.54, 1.807) is 0 Å². The fraction of sp³-hybridized carbons (Fsp3) is 0.100. The van der Waals surface area contributed by atoms with Crippen LogP contribution in [0.25, 0.3) is 10.1 Å². The van der Waals surface area contributed by atoms with Gasteiger partial charge >= 0.3 is 0 Å². The van der Waals surface area contributed by atoms with Crippen LogP contribution in [0.3, 0.4) is 0 Å². The Bertz CT molecular complexity index is 527. The van der Waals surface area contributed by atoms with Crippen molar-refractivity contribution in [3.05, 3.63) is 33.4 Å². The first-order chi connectivity index (χ1) is 6.72. The van der Waals surface area contributed by atoms with Crippen molar-refractivity contribution in [2.24, 2.45) is 0 Å². The molecule has 1 nitrogen and oxygen atoms in total. The second-order valence-corrected chi connectivity index (χ2v) is 4.71. The van der Waals surface area contributed by atoms with E-state index in [9.17, 15) is 4.39 Å². The van der Waals surface area contributed by atoms with Crippen LogP contribution in [0.1, 0.15) is 5.56 Å². The van der Waals surface area contributed by atoms with Crippen molar-refractivity contribution >= 4 is 37.4 Å². The Labute approximate surface area is 92.9 Å². The molecule has 0 amide bonds. The molecule has 1 aromatic heterocycles. The van der Waals surface area contributed by atoms with E-state index in [-0.39, 0.29) is 5.13 Å². The molecule has 70 valence electrons. The van der Waals surface area contributed by atoms with Gasteiger partial charge in [-0.25, -0.2) is 0 Å². The Morgan fingerprint density at radius 3 is 3.00 bits per heavy atom. The standard InChI is InChI=1S/C10H5BrFNS/c11-8-1-2-9-7(5-10(12)14-9)6(8)3-4-13/h1-2,5H,3H2. The number of nitrogens with zero attached hydrogens (tertiary/aromatic N) is 1. The third-order valence-electron chi connectivity index (χ3n) is 1.98. The Morgan fingerprint density at radius 1 is 1.50 bits per heavy atom. The van der Waals surface area contributed by atoms with E-state index in [0.717, 1.165) is 31.5 Å². The molecule has 0 spiro atoms. The highest BCUT2D eigenvalue weighted by molar-refractivity contribution is 9.10. The molecule has 0 aliphatic heterocycles. The molecular weight excluding hydrogens is 265 g/mol. The smallest absolute Gasteiger partial charge is 0.177 e. The number of hydrogen-bond donors (Lipinski definition) is 0. The lowest BCUT2D eigenvalue weighted by Crippen LogP contribution is -1.84. The number of halogens is 2. The lowest BCUT2D eigenvalue weighted by atomic mass is 10.1. The van der Waals surface area contributed by atoms with Crippen molar-refractivity contribution in [2.45, 2.75) is 6.42 Å². The van der Waals surface area contributed by atoms with Gasteiger partial charge in [0.25, 0.3) is 0 Å². The van der Waals surface area contributed by atoms with Crippen LogP contribution in [-0.2, 0) is 6.42 Å². The van der Waals surface area contributed by atoms with Crippen LogP contribution in [0.2, 0.25) is 0 Å². The SMILES string of the molecule is N#CCc1c(Br)ccc2sc(F)cc12. The van der Waals surface area contributed by atoms with Gasteiger partial charge in [0.05, 0.1) is 12.5 Å². The summed E-state index contributed by atoms with van der Waals surface area (Å²) in [5.74, 6) is 0. The fourth-order valence-electron chi connectivity index (χ4n) is 1.37. The van der Waals surface area contributed by atoms with E-state index in [1.807, 2.05) is 12.1 Å². The zero-order valence-corrected chi connectivity index (χ0v) is 9.45. The van der Waals surface area contributed by atoms with Crippen LogP contribution >= 0.6 is 27.3 Å². The molecule has 0 bridgehead atoms. The van der Waals surface area contributed by atoms with Gasteiger partial charge in [-0.15, -0.1) is 11.3 Å². The molecule has 1 heterocycles. The van der Waals surface area contributed by atoms with Gasteiger partial charge in [-0.2, -0.15) is 9.65 Å². The molecule has 0 aliphatic carbocycles. The minimum atomic E-state index is -0.211. The average Bonchev–Trinajstić information content (AvgIpc) is 2.51. The number of fused-ring (bicyclic) bond motifs is 1. The van der Waals surface area contributed by atoms with Crippen molar-refractivity contribution in [3.63, 3.8) is 0 Å². The van der Waals surface area contributed by atoms with Crippen LogP contribution < -0.4 is 0 Å². The summed E-state index contributed by atoms with van der Waals surface area (Å²) < 4.78 is 14.7. The highest BCUT2D eigenvalue weighted by Crippen LogP contribution is 2.32. The van der Waals surface area contributed by atoms with Crippen molar-refractivity contribution in [1.29, 1.82) is 5.26 Å². The van der Waals surface area contributed by atoms with Crippen molar-refractivity contribution < 1.29 is 4.39 Å². The Morgan fingerprint density at radius 2 is 2.29 bits per heavy atom. The largest absolute Gasteiger partial charge is 0.198 e. The first-order valence-electron chi connectivity index (χ1n) is 3.95. The van der Waals surface area contributed by atoms with Crippen molar-refractivity contribution in [2.75, 3.05) is 0 Å². The van der Waals surface area contributed by atoms with Crippen LogP contribution in [-0.4, -0.2) is 0 Å². The maximum atomic E-state index is 13.0. The summed E-state index contributed by atoms with van der Waals surface area (Å²) in [6, 6.07) is 7.27. The number of hydrogen-bond acceptors (Lipinski definition) is 2. The van der Waals surface area contributed by atoms with E-state index < -0.39 is 0 Å². The van der Waals surface area contributed by atoms with E-state index in [4.69, 9.17) is 5.26 Å². The van der Waals surface area contributed by atoms with Crippen LogP contribution in [0.4, 0.5) is 4.39 Å². The predicted octanol–water partition coefficient (Wildman–Crippen LogP) is 3.87. The van der Waals surface area contributed by atoms with Crippen molar-refractivity contribution in [1.82, 2.24) is 0 Å². The average molecular weight is 270 g/mol. The second kappa shape index (κ2) is 3.68. The predicted molar refractivity (Wildman–Crippen MR) is 58.8 cm³/mol. The van der Waals surface area contributed by atoms with Gasteiger partial charge in [-0.05, 0) is 23.8 Å². The normalized spacial score (nSPS) is 10.4. The molecule has 0 saturated heterocycles. The summed E-state index contributed by atoms with van der Waals surface area (Å²) in [6.45, 7) is 0. The van der Waals surface area contributed by atoms with Gasteiger partial charge in [0.2, 0.25) is 0 Å². The van der Waals surface area contributed by atoms with Gasteiger partial charge in [-0.3, -0.25) is 0 Å². The topological polar surface area (TPSA) is 23.8 Å². The van der Waals surface area contributed by atoms with E-state index in [2.05, 4.69) is 22.0 Å². The molecule has 4 heteroatoms. The summed E-state index contributed by atoms with van der Waals surface area (Å²) >= 11 is 4.46. The summed E-state index contributed by atoms with van der Waals surface area (Å²) in [5, 5.41) is 9.27. The molecule has 2 aromatic rings. The van der Waals surface area contributed by atoms with Gasteiger partial charge in [0.1, 0.15) is 0 Å². The van der Waals surface area contributed by atoms with Crippen molar-refractivity contribution in [3.8, 4) is 6.07 Å². The van der Waals surface area contributed by atoms with Crippen LogP contribution in [0.5, 0.6) is 0 Å². The summed E-state index contributed by atoms with van der Waals surface area (Å²) in [6.07, 6.45) is 0.300. The van der Waals surface area contributed by atoms with E-state index >= 15 is 0 Å². The van der Waals surface area contributed by atoms with Crippen LogP contribution in [0.15, 0.2) is 22.7 Å². The molecular formula is C10H5BrFNS. The highest BCUT2D eigenvalue weighted by atomic mass is 79.9. The Balaban J connectivity index is 2.76. The molecule has 0 saturated carbocycles. The number of thiophene rings is 1. The third-order valence-corrected chi connectivity index (χ3v) is 3.61. The lowest BCUT2D eigenvalue weighted by Gasteiger charge is -2.00. The zero-order chi connectivity index (χ0) is 10.1. The first-order valence-corrected chi connectivity index (χ1v) is 5.56. The molecule has 0 fully saturated rings. The second-order valence-electron chi connectivity index (χ2n) is 2.82. The maximum absolute atomic E-state index is 13.0. The minimum Gasteiger partial charge on any atom is -0.198 e. The molecule has 0 atom stereocenters. The summed E-state index contributed by atoms with van der Waals surface area (Å²) in [5.41, 5.74) is 0.866. The summed E-state index contributed by atoms with van der Waals surface area (Å²) in [7, 11) is 0. The quantitative estimate of drug-likeness (QED) is 0.771. The molecule has 2 rings (SSSR count). The summed E-state index contributed by atoms with van der Waals surface area (Å²) in [4.78, 5) is 0. The van der Waals surface area contributed by atoms with Gasteiger partial charge in [0, 0.05) is 14.6 Å². The Kier molecular flexibility index (Phi) is 2.53.